The number of amides is 1. The molecule has 0 aliphatic heterocycles. The Kier molecular flexibility index (Phi) is 3.87. The predicted octanol–water partition coefficient (Wildman–Crippen LogP) is 3.78. The molecule has 2 aliphatic carbocycles. The monoisotopic (exact) mass is 278 g/mol. The molecule has 1 aromatic rings. The van der Waals surface area contributed by atoms with Crippen LogP contribution in [0.3, 0.4) is 0 Å². The molecule has 1 N–H and O–H groups in total. The molecule has 3 rings (SSSR count). The third-order valence-corrected chi connectivity index (χ3v) is 5.46. The van der Waals surface area contributed by atoms with Crippen molar-refractivity contribution in [3.63, 3.8) is 0 Å². The first-order valence-corrected chi connectivity index (χ1v) is 8.34. The van der Waals surface area contributed by atoms with Gasteiger partial charge in [0.05, 0.1) is 10.7 Å². The summed E-state index contributed by atoms with van der Waals surface area (Å²) in [6.07, 6.45) is 9.90. The molecule has 0 atom stereocenters. The topological polar surface area (TPSA) is 42.0 Å². The van der Waals surface area contributed by atoms with Gasteiger partial charge in [-0.3, -0.25) is 4.79 Å². The molecule has 1 amide bonds. The van der Waals surface area contributed by atoms with E-state index in [4.69, 9.17) is 0 Å². The number of rotatable bonds is 3. The van der Waals surface area contributed by atoms with Crippen LogP contribution in [0, 0.1) is 6.92 Å². The van der Waals surface area contributed by atoms with Gasteiger partial charge >= 0.3 is 0 Å². The van der Waals surface area contributed by atoms with Crippen LogP contribution in [0.2, 0.25) is 0 Å². The van der Waals surface area contributed by atoms with E-state index in [0.717, 1.165) is 23.4 Å². The van der Waals surface area contributed by atoms with Gasteiger partial charge in [0.1, 0.15) is 4.88 Å². The standard InChI is InChI=1S/C15H22N2OS/c1-10-13(19-15(16-10)11-8-9-11)14(18)17-12-6-4-2-3-5-7-12/h11-12H,2-9H2,1H3,(H,17,18). The van der Waals surface area contributed by atoms with Gasteiger partial charge < -0.3 is 5.32 Å². The number of nitrogens with zero attached hydrogens (tertiary/aromatic N) is 1. The molecule has 3 nitrogen and oxygen atoms in total. The summed E-state index contributed by atoms with van der Waals surface area (Å²) in [5, 5.41) is 4.39. The van der Waals surface area contributed by atoms with Crippen molar-refractivity contribution in [3.8, 4) is 0 Å². The van der Waals surface area contributed by atoms with Gasteiger partial charge in [0, 0.05) is 12.0 Å². The lowest BCUT2D eigenvalue weighted by Crippen LogP contribution is -2.34. The zero-order valence-corrected chi connectivity index (χ0v) is 12.4. The Balaban J connectivity index is 1.65. The summed E-state index contributed by atoms with van der Waals surface area (Å²) in [6, 6.07) is 0.376. The van der Waals surface area contributed by atoms with Crippen LogP contribution in [-0.4, -0.2) is 16.9 Å². The largest absolute Gasteiger partial charge is 0.349 e. The molecular formula is C15H22N2OS. The van der Waals surface area contributed by atoms with Gasteiger partial charge in [-0.05, 0) is 32.6 Å². The summed E-state index contributed by atoms with van der Waals surface area (Å²) in [7, 11) is 0. The van der Waals surface area contributed by atoms with Crippen molar-refractivity contribution in [1.29, 1.82) is 0 Å². The Morgan fingerprint density at radius 2 is 1.84 bits per heavy atom. The Morgan fingerprint density at radius 1 is 1.16 bits per heavy atom. The predicted molar refractivity (Wildman–Crippen MR) is 77.8 cm³/mol. The zero-order valence-electron chi connectivity index (χ0n) is 11.6. The van der Waals surface area contributed by atoms with Crippen LogP contribution < -0.4 is 5.32 Å². The van der Waals surface area contributed by atoms with E-state index >= 15 is 0 Å². The highest BCUT2D eigenvalue weighted by atomic mass is 32.1. The van der Waals surface area contributed by atoms with Crippen molar-refractivity contribution in [3.05, 3.63) is 15.6 Å². The highest BCUT2D eigenvalue weighted by molar-refractivity contribution is 7.13. The Morgan fingerprint density at radius 3 is 2.47 bits per heavy atom. The lowest BCUT2D eigenvalue weighted by molar-refractivity contribution is 0.0936. The molecule has 1 heterocycles. The van der Waals surface area contributed by atoms with Crippen LogP contribution in [-0.2, 0) is 0 Å². The van der Waals surface area contributed by atoms with Crippen molar-refractivity contribution in [2.24, 2.45) is 0 Å². The van der Waals surface area contributed by atoms with E-state index in [0.29, 0.717) is 12.0 Å². The van der Waals surface area contributed by atoms with Gasteiger partial charge in [-0.25, -0.2) is 4.98 Å². The van der Waals surface area contributed by atoms with Gasteiger partial charge in [-0.15, -0.1) is 11.3 Å². The third kappa shape index (κ3) is 3.16. The summed E-state index contributed by atoms with van der Waals surface area (Å²) in [6.45, 7) is 1.96. The maximum Gasteiger partial charge on any atom is 0.263 e. The minimum absolute atomic E-state index is 0.105. The van der Waals surface area contributed by atoms with Crippen molar-refractivity contribution in [1.82, 2.24) is 10.3 Å². The fraction of sp³-hybridized carbons (Fsp3) is 0.733. The first-order chi connectivity index (χ1) is 9.24. The van der Waals surface area contributed by atoms with Crippen molar-refractivity contribution < 1.29 is 4.79 Å². The second kappa shape index (κ2) is 5.61. The summed E-state index contributed by atoms with van der Waals surface area (Å²) >= 11 is 1.61. The van der Waals surface area contributed by atoms with Crippen LogP contribution in [0.5, 0.6) is 0 Å². The molecular weight excluding hydrogens is 256 g/mol. The SMILES string of the molecule is Cc1nc(C2CC2)sc1C(=O)NC1CCCCCC1. The zero-order chi connectivity index (χ0) is 13.2. The molecule has 1 aromatic heterocycles. The third-order valence-electron chi connectivity index (χ3n) is 4.14. The summed E-state index contributed by atoms with van der Waals surface area (Å²) < 4.78 is 0. The number of hydrogen-bond acceptors (Lipinski definition) is 3. The summed E-state index contributed by atoms with van der Waals surface area (Å²) in [4.78, 5) is 17.8. The van der Waals surface area contributed by atoms with Crippen LogP contribution in [0.4, 0.5) is 0 Å². The number of thiazole rings is 1. The normalized spacial score (nSPS) is 21.1. The molecule has 19 heavy (non-hydrogen) atoms. The molecule has 104 valence electrons. The number of carbonyl (C=O) groups is 1. The van der Waals surface area contributed by atoms with E-state index < -0.39 is 0 Å². The maximum atomic E-state index is 12.4. The number of aryl methyl sites for hydroxylation is 1. The van der Waals surface area contributed by atoms with Gasteiger partial charge in [0.25, 0.3) is 5.91 Å². The highest BCUT2D eigenvalue weighted by Crippen LogP contribution is 2.42. The fourth-order valence-corrected chi connectivity index (χ4v) is 3.95. The second-order valence-corrected chi connectivity index (χ2v) is 6.93. The Bertz CT molecular complexity index is 457. The lowest BCUT2D eigenvalue weighted by atomic mass is 10.1. The highest BCUT2D eigenvalue weighted by Gasteiger charge is 2.29. The van der Waals surface area contributed by atoms with Crippen LogP contribution in [0.15, 0.2) is 0 Å². The first-order valence-electron chi connectivity index (χ1n) is 7.52. The molecule has 4 heteroatoms. The van der Waals surface area contributed by atoms with E-state index in [1.54, 1.807) is 11.3 Å². The average molecular weight is 278 g/mol. The van der Waals surface area contributed by atoms with Crippen molar-refractivity contribution >= 4 is 17.2 Å². The molecule has 2 fully saturated rings. The van der Waals surface area contributed by atoms with Gasteiger partial charge in [-0.1, -0.05) is 25.7 Å². The smallest absolute Gasteiger partial charge is 0.263 e. The molecule has 2 aliphatic rings. The lowest BCUT2D eigenvalue weighted by Gasteiger charge is -2.15. The molecule has 2 saturated carbocycles. The number of nitrogens with one attached hydrogen (secondary N) is 1. The minimum atomic E-state index is 0.105. The average Bonchev–Trinajstić information content (AvgIpc) is 3.18. The van der Waals surface area contributed by atoms with Crippen molar-refractivity contribution in [2.45, 2.75) is 70.3 Å². The summed E-state index contributed by atoms with van der Waals surface area (Å²) in [5.74, 6) is 0.747. The fourth-order valence-electron chi connectivity index (χ4n) is 2.81. The van der Waals surface area contributed by atoms with E-state index in [1.807, 2.05) is 6.92 Å². The second-order valence-electron chi connectivity index (χ2n) is 5.90. The van der Waals surface area contributed by atoms with E-state index in [9.17, 15) is 4.79 Å². The quantitative estimate of drug-likeness (QED) is 0.855. The van der Waals surface area contributed by atoms with Gasteiger partial charge in [0.2, 0.25) is 0 Å². The molecule has 0 spiro atoms. The first kappa shape index (κ1) is 13.1. The van der Waals surface area contributed by atoms with Crippen LogP contribution in [0.25, 0.3) is 0 Å². The molecule has 0 radical (unpaired) electrons. The van der Waals surface area contributed by atoms with E-state index in [-0.39, 0.29) is 5.91 Å². The molecule has 0 saturated heterocycles. The van der Waals surface area contributed by atoms with Gasteiger partial charge in [0.15, 0.2) is 0 Å². The van der Waals surface area contributed by atoms with E-state index in [2.05, 4.69) is 10.3 Å². The Hall–Kier alpha value is -0.900. The number of aromatic nitrogens is 1. The maximum absolute atomic E-state index is 12.4. The minimum Gasteiger partial charge on any atom is -0.349 e. The van der Waals surface area contributed by atoms with Crippen molar-refractivity contribution in [2.75, 3.05) is 0 Å². The summed E-state index contributed by atoms with van der Waals surface area (Å²) in [5.41, 5.74) is 0.915. The van der Waals surface area contributed by atoms with Crippen LogP contribution >= 0.6 is 11.3 Å². The number of carbonyl (C=O) groups excluding carboxylic acids is 1. The van der Waals surface area contributed by atoms with E-state index in [1.165, 1.54) is 43.5 Å². The molecule has 0 unspecified atom stereocenters. The van der Waals surface area contributed by atoms with Crippen LogP contribution in [0.1, 0.15) is 77.7 Å². The molecule has 0 bridgehead atoms. The Labute approximate surface area is 118 Å². The molecule has 0 aromatic carbocycles. The number of hydrogen-bond donors (Lipinski definition) is 1. The van der Waals surface area contributed by atoms with Gasteiger partial charge in [-0.2, -0.15) is 0 Å².